The zero-order valence-electron chi connectivity index (χ0n) is 14.3. The van der Waals surface area contributed by atoms with Crippen LogP contribution in [-0.4, -0.2) is 17.1 Å². The Morgan fingerprint density at radius 3 is 2.43 bits per heavy atom. The SMILES string of the molecule is O=C(O/N=C/c1ccc(Oc2ccc(F)cc2)c([N+](=O)[O-])c1)c1ccccc1. The minimum Gasteiger partial charge on any atom is -0.450 e. The van der Waals surface area contributed by atoms with Crippen LogP contribution in [0.5, 0.6) is 11.5 Å². The fourth-order valence-electron chi connectivity index (χ4n) is 2.24. The second-order valence-electron chi connectivity index (χ2n) is 5.52. The van der Waals surface area contributed by atoms with E-state index in [4.69, 9.17) is 9.57 Å². The van der Waals surface area contributed by atoms with Gasteiger partial charge in [0.05, 0.1) is 16.7 Å². The third-order valence-corrected chi connectivity index (χ3v) is 3.57. The molecular formula is C20H13FN2O5. The van der Waals surface area contributed by atoms with Gasteiger partial charge >= 0.3 is 11.7 Å². The van der Waals surface area contributed by atoms with E-state index < -0.39 is 16.7 Å². The van der Waals surface area contributed by atoms with E-state index in [9.17, 15) is 19.3 Å². The third-order valence-electron chi connectivity index (χ3n) is 3.57. The van der Waals surface area contributed by atoms with E-state index in [2.05, 4.69) is 5.16 Å². The fourth-order valence-corrected chi connectivity index (χ4v) is 2.24. The number of nitrogens with zero attached hydrogens (tertiary/aromatic N) is 2. The molecule has 0 heterocycles. The van der Waals surface area contributed by atoms with Gasteiger partial charge in [-0.25, -0.2) is 9.18 Å². The molecule has 0 saturated heterocycles. The Kier molecular flexibility index (Phi) is 5.71. The highest BCUT2D eigenvalue weighted by Crippen LogP contribution is 2.31. The van der Waals surface area contributed by atoms with Crippen LogP contribution >= 0.6 is 0 Å². The second kappa shape index (κ2) is 8.54. The molecule has 3 aromatic rings. The van der Waals surface area contributed by atoms with Crippen molar-refractivity contribution in [2.24, 2.45) is 5.16 Å². The monoisotopic (exact) mass is 380 g/mol. The Morgan fingerprint density at radius 1 is 1.04 bits per heavy atom. The van der Waals surface area contributed by atoms with E-state index in [0.717, 1.165) is 0 Å². The zero-order chi connectivity index (χ0) is 19.9. The molecular weight excluding hydrogens is 367 g/mol. The summed E-state index contributed by atoms with van der Waals surface area (Å²) in [5.41, 5.74) is 0.343. The summed E-state index contributed by atoms with van der Waals surface area (Å²) in [7, 11) is 0. The molecule has 0 spiro atoms. The van der Waals surface area contributed by atoms with Crippen molar-refractivity contribution in [2.75, 3.05) is 0 Å². The van der Waals surface area contributed by atoms with Gasteiger partial charge in [0.1, 0.15) is 11.6 Å². The van der Waals surface area contributed by atoms with Crippen LogP contribution in [0.4, 0.5) is 10.1 Å². The number of hydrogen-bond acceptors (Lipinski definition) is 6. The van der Waals surface area contributed by atoms with Crippen LogP contribution in [0.1, 0.15) is 15.9 Å². The lowest BCUT2D eigenvalue weighted by molar-refractivity contribution is -0.385. The summed E-state index contributed by atoms with van der Waals surface area (Å²) in [6.07, 6.45) is 1.18. The quantitative estimate of drug-likeness (QED) is 0.267. The van der Waals surface area contributed by atoms with Gasteiger partial charge in [-0.3, -0.25) is 10.1 Å². The highest BCUT2D eigenvalue weighted by Gasteiger charge is 2.16. The number of oxime groups is 1. The molecule has 0 aliphatic carbocycles. The van der Waals surface area contributed by atoms with Gasteiger partial charge in [-0.05, 0) is 48.5 Å². The first-order valence-corrected chi connectivity index (χ1v) is 8.04. The molecule has 140 valence electrons. The molecule has 0 aromatic heterocycles. The Hall–Kier alpha value is -4.07. The maximum atomic E-state index is 13.0. The second-order valence-corrected chi connectivity index (χ2v) is 5.52. The van der Waals surface area contributed by atoms with E-state index in [-0.39, 0.29) is 17.2 Å². The van der Waals surface area contributed by atoms with Crippen LogP contribution in [0.3, 0.4) is 0 Å². The highest BCUT2D eigenvalue weighted by molar-refractivity contribution is 5.90. The van der Waals surface area contributed by atoms with Crippen molar-refractivity contribution in [3.05, 3.63) is 99.9 Å². The molecule has 0 unspecified atom stereocenters. The van der Waals surface area contributed by atoms with Gasteiger partial charge in [-0.2, -0.15) is 0 Å². The van der Waals surface area contributed by atoms with E-state index in [0.29, 0.717) is 11.1 Å². The Morgan fingerprint density at radius 2 is 1.75 bits per heavy atom. The van der Waals surface area contributed by atoms with Gasteiger partial charge in [0.25, 0.3) is 0 Å². The Labute approximate surface area is 158 Å². The smallest absolute Gasteiger partial charge is 0.365 e. The van der Waals surface area contributed by atoms with Crippen molar-refractivity contribution < 1.29 is 23.7 Å². The number of rotatable bonds is 6. The molecule has 8 heteroatoms. The van der Waals surface area contributed by atoms with Crippen molar-refractivity contribution in [3.8, 4) is 11.5 Å². The lowest BCUT2D eigenvalue weighted by Crippen LogP contribution is -2.00. The number of carbonyl (C=O) groups is 1. The van der Waals surface area contributed by atoms with Crippen LogP contribution in [-0.2, 0) is 4.84 Å². The average Bonchev–Trinajstić information content (AvgIpc) is 2.71. The van der Waals surface area contributed by atoms with Gasteiger partial charge in [0, 0.05) is 11.6 Å². The van der Waals surface area contributed by atoms with E-state index >= 15 is 0 Å². The molecule has 0 fully saturated rings. The molecule has 3 aromatic carbocycles. The summed E-state index contributed by atoms with van der Waals surface area (Å²) >= 11 is 0. The van der Waals surface area contributed by atoms with Gasteiger partial charge in [-0.1, -0.05) is 23.4 Å². The molecule has 3 rings (SSSR count). The third kappa shape index (κ3) is 4.76. The zero-order valence-corrected chi connectivity index (χ0v) is 14.3. The molecule has 0 aliphatic heterocycles. The number of hydrogen-bond donors (Lipinski definition) is 0. The lowest BCUT2D eigenvalue weighted by Gasteiger charge is -2.06. The predicted octanol–water partition coefficient (Wildman–Crippen LogP) is 4.72. The topological polar surface area (TPSA) is 91.0 Å². The Bertz CT molecular complexity index is 1020. The van der Waals surface area contributed by atoms with E-state index in [1.165, 1.54) is 48.7 Å². The summed E-state index contributed by atoms with van der Waals surface area (Å²) < 4.78 is 18.4. The number of ether oxygens (including phenoxy) is 1. The number of benzene rings is 3. The molecule has 28 heavy (non-hydrogen) atoms. The van der Waals surface area contributed by atoms with Crippen LogP contribution in [0.2, 0.25) is 0 Å². The molecule has 0 saturated carbocycles. The molecule has 0 atom stereocenters. The number of nitro benzene ring substituents is 1. The normalized spacial score (nSPS) is 10.6. The first-order chi connectivity index (χ1) is 13.5. The average molecular weight is 380 g/mol. The summed E-state index contributed by atoms with van der Waals surface area (Å²) in [5, 5.41) is 14.9. The molecule has 0 radical (unpaired) electrons. The summed E-state index contributed by atoms with van der Waals surface area (Å²) in [5.74, 6) is -0.862. The molecule has 0 bridgehead atoms. The van der Waals surface area contributed by atoms with Crippen molar-refractivity contribution in [2.45, 2.75) is 0 Å². The first-order valence-electron chi connectivity index (χ1n) is 8.04. The van der Waals surface area contributed by atoms with Crippen LogP contribution in [0.25, 0.3) is 0 Å². The predicted molar refractivity (Wildman–Crippen MR) is 99.0 cm³/mol. The largest absolute Gasteiger partial charge is 0.450 e. The summed E-state index contributed by atoms with van der Waals surface area (Å²) in [4.78, 5) is 27.3. The van der Waals surface area contributed by atoms with Crippen molar-refractivity contribution in [1.29, 1.82) is 0 Å². The summed E-state index contributed by atoms with van der Waals surface area (Å²) in [6, 6.07) is 17.5. The van der Waals surface area contributed by atoms with Gasteiger partial charge < -0.3 is 9.57 Å². The fraction of sp³-hybridized carbons (Fsp3) is 0. The maximum Gasteiger partial charge on any atom is 0.365 e. The minimum atomic E-state index is -0.650. The van der Waals surface area contributed by atoms with Crippen LogP contribution in [0, 0.1) is 15.9 Å². The van der Waals surface area contributed by atoms with Crippen LogP contribution in [0.15, 0.2) is 78.0 Å². The van der Waals surface area contributed by atoms with E-state index in [1.807, 2.05) is 0 Å². The summed E-state index contributed by atoms with van der Waals surface area (Å²) in [6.45, 7) is 0. The van der Waals surface area contributed by atoms with E-state index in [1.54, 1.807) is 30.3 Å². The highest BCUT2D eigenvalue weighted by atomic mass is 19.1. The van der Waals surface area contributed by atoms with Crippen LogP contribution < -0.4 is 4.74 Å². The van der Waals surface area contributed by atoms with Gasteiger partial charge in [-0.15, -0.1) is 0 Å². The Balaban J connectivity index is 1.74. The minimum absolute atomic E-state index is 0.0185. The number of carbonyl (C=O) groups excluding carboxylic acids is 1. The van der Waals surface area contributed by atoms with Crippen molar-refractivity contribution in [1.82, 2.24) is 0 Å². The molecule has 0 aliphatic rings. The number of nitro groups is 1. The number of halogens is 1. The van der Waals surface area contributed by atoms with Crippen molar-refractivity contribution in [3.63, 3.8) is 0 Å². The molecule has 7 nitrogen and oxygen atoms in total. The van der Waals surface area contributed by atoms with Gasteiger partial charge in [0.2, 0.25) is 5.75 Å². The molecule has 0 N–H and O–H groups in total. The molecule has 0 amide bonds. The van der Waals surface area contributed by atoms with Gasteiger partial charge in [0.15, 0.2) is 0 Å². The van der Waals surface area contributed by atoms with Crippen molar-refractivity contribution >= 4 is 17.9 Å². The maximum absolute atomic E-state index is 13.0. The first kappa shape index (κ1) is 18.7. The standard InChI is InChI=1S/C20H13FN2O5/c21-16-7-9-17(10-8-16)27-19-11-6-14(12-18(19)23(25)26)13-22-28-20(24)15-4-2-1-3-5-15/h1-13H/b22-13+. The lowest BCUT2D eigenvalue weighted by atomic mass is 10.2.